The maximum absolute atomic E-state index is 12.8. The molecule has 0 aliphatic heterocycles. The molecular formula is C21H14ClIO4. The van der Waals surface area contributed by atoms with Gasteiger partial charge in [-0.05, 0) is 70.6 Å². The SMILES string of the molecule is O=C(Oc1ccccc1)C(C(=O)Oc1ccccc1)c1cc(Cl)cc(I)c1. The van der Waals surface area contributed by atoms with Crippen molar-refractivity contribution < 1.29 is 19.1 Å². The third kappa shape index (κ3) is 5.30. The van der Waals surface area contributed by atoms with Gasteiger partial charge in [-0.25, -0.2) is 0 Å². The lowest BCUT2D eigenvalue weighted by Crippen LogP contribution is -2.29. The Morgan fingerprint density at radius 1 is 0.778 bits per heavy atom. The first kappa shape index (κ1) is 19.4. The molecule has 0 aromatic heterocycles. The first-order valence-electron chi connectivity index (χ1n) is 8.02. The molecule has 3 aromatic carbocycles. The second-order valence-electron chi connectivity index (χ2n) is 5.60. The van der Waals surface area contributed by atoms with E-state index in [0.29, 0.717) is 22.1 Å². The van der Waals surface area contributed by atoms with Crippen LogP contribution in [0.25, 0.3) is 0 Å². The van der Waals surface area contributed by atoms with E-state index in [4.69, 9.17) is 21.1 Å². The van der Waals surface area contributed by atoms with E-state index in [2.05, 4.69) is 22.6 Å². The fourth-order valence-corrected chi connectivity index (χ4v) is 3.56. The van der Waals surface area contributed by atoms with Gasteiger partial charge < -0.3 is 9.47 Å². The predicted octanol–water partition coefficient (Wildman–Crippen LogP) is 5.24. The summed E-state index contributed by atoms with van der Waals surface area (Å²) >= 11 is 8.18. The van der Waals surface area contributed by atoms with Crippen LogP contribution < -0.4 is 9.47 Å². The van der Waals surface area contributed by atoms with Crippen LogP contribution in [0.5, 0.6) is 11.5 Å². The summed E-state index contributed by atoms with van der Waals surface area (Å²) in [6.07, 6.45) is 0. The lowest BCUT2D eigenvalue weighted by Gasteiger charge is -2.16. The summed E-state index contributed by atoms with van der Waals surface area (Å²) in [5.41, 5.74) is 0.411. The van der Waals surface area contributed by atoms with Crippen LogP contribution in [0.15, 0.2) is 78.9 Å². The number of ether oxygens (including phenoxy) is 2. The van der Waals surface area contributed by atoms with Crippen LogP contribution in [0, 0.1) is 3.57 Å². The fourth-order valence-electron chi connectivity index (χ4n) is 2.44. The topological polar surface area (TPSA) is 52.6 Å². The summed E-state index contributed by atoms with van der Waals surface area (Å²) in [7, 11) is 0. The minimum Gasteiger partial charge on any atom is -0.426 e. The molecule has 0 heterocycles. The second kappa shape index (κ2) is 9.01. The summed E-state index contributed by atoms with van der Waals surface area (Å²) in [5, 5.41) is 0.418. The molecule has 3 aromatic rings. The summed E-state index contributed by atoms with van der Waals surface area (Å²) in [6, 6.07) is 22.1. The highest BCUT2D eigenvalue weighted by molar-refractivity contribution is 14.1. The van der Waals surface area contributed by atoms with Gasteiger partial charge in [-0.2, -0.15) is 0 Å². The number of hydrogen-bond donors (Lipinski definition) is 0. The Bertz CT molecular complexity index is 871. The van der Waals surface area contributed by atoms with Crippen molar-refractivity contribution in [3.63, 3.8) is 0 Å². The lowest BCUT2D eigenvalue weighted by atomic mass is 9.99. The molecule has 4 nitrogen and oxygen atoms in total. The molecule has 0 aliphatic carbocycles. The minimum atomic E-state index is -1.27. The average molecular weight is 493 g/mol. The van der Waals surface area contributed by atoms with Crippen LogP contribution in [0.3, 0.4) is 0 Å². The van der Waals surface area contributed by atoms with E-state index < -0.39 is 17.9 Å². The molecule has 0 aliphatic rings. The van der Waals surface area contributed by atoms with E-state index in [-0.39, 0.29) is 0 Å². The van der Waals surface area contributed by atoms with Crippen LogP contribution in [-0.4, -0.2) is 11.9 Å². The van der Waals surface area contributed by atoms with Gasteiger partial charge in [0.25, 0.3) is 0 Å². The summed E-state index contributed by atoms with van der Waals surface area (Å²) in [5.74, 6) is -2.05. The van der Waals surface area contributed by atoms with Gasteiger partial charge in [0.05, 0.1) is 0 Å². The molecule has 0 N–H and O–H groups in total. The van der Waals surface area contributed by atoms with Crippen LogP contribution in [-0.2, 0) is 9.59 Å². The van der Waals surface area contributed by atoms with E-state index in [9.17, 15) is 9.59 Å². The third-order valence-corrected chi connectivity index (χ3v) is 4.45. The number of hydrogen-bond acceptors (Lipinski definition) is 4. The fraction of sp³-hybridized carbons (Fsp3) is 0.0476. The van der Waals surface area contributed by atoms with Crippen molar-refractivity contribution in [3.8, 4) is 11.5 Å². The number of rotatable bonds is 5. The zero-order valence-corrected chi connectivity index (χ0v) is 16.9. The van der Waals surface area contributed by atoms with E-state index in [1.165, 1.54) is 0 Å². The Hall–Kier alpha value is -2.38. The molecule has 6 heteroatoms. The molecule has 0 fully saturated rings. The maximum Gasteiger partial charge on any atom is 0.330 e. The second-order valence-corrected chi connectivity index (χ2v) is 7.29. The molecule has 0 saturated carbocycles. The van der Waals surface area contributed by atoms with Gasteiger partial charge in [0.1, 0.15) is 11.5 Å². The average Bonchev–Trinajstić information content (AvgIpc) is 2.62. The number of carbonyl (C=O) groups is 2. The van der Waals surface area contributed by atoms with Gasteiger partial charge in [0.15, 0.2) is 5.92 Å². The molecule has 136 valence electrons. The highest BCUT2D eigenvalue weighted by atomic mass is 127. The third-order valence-electron chi connectivity index (χ3n) is 3.61. The zero-order valence-electron chi connectivity index (χ0n) is 14.0. The Balaban J connectivity index is 1.92. The van der Waals surface area contributed by atoms with Gasteiger partial charge >= 0.3 is 11.9 Å². The van der Waals surface area contributed by atoms with Crippen molar-refractivity contribution in [2.24, 2.45) is 0 Å². The highest BCUT2D eigenvalue weighted by Gasteiger charge is 2.33. The zero-order chi connectivity index (χ0) is 19.2. The first-order valence-corrected chi connectivity index (χ1v) is 9.48. The molecule has 0 radical (unpaired) electrons. The minimum absolute atomic E-state index is 0.344. The van der Waals surface area contributed by atoms with E-state index in [1.807, 2.05) is 0 Å². The van der Waals surface area contributed by atoms with Crippen LogP contribution in [0.4, 0.5) is 0 Å². The normalized spacial score (nSPS) is 10.5. The van der Waals surface area contributed by atoms with Gasteiger partial charge in [-0.15, -0.1) is 0 Å². The Labute approximate surface area is 175 Å². The van der Waals surface area contributed by atoms with Crippen molar-refractivity contribution in [2.75, 3.05) is 0 Å². The van der Waals surface area contributed by atoms with Crippen LogP contribution in [0.2, 0.25) is 5.02 Å². The molecule has 0 atom stereocenters. The van der Waals surface area contributed by atoms with E-state index in [0.717, 1.165) is 3.57 Å². The number of esters is 2. The van der Waals surface area contributed by atoms with Gasteiger partial charge in [-0.1, -0.05) is 48.0 Å². The molecule has 0 saturated heterocycles. The summed E-state index contributed by atoms with van der Waals surface area (Å²) < 4.78 is 11.6. The lowest BCUT2D eigenvalue weighted by molar-refractivity contribution is -0.147. The highest BCUT2D eigenvalue weighted by Crippen LogP contribution is 2.27. The van der Waals surface area contributed by atoms with E-state index >= 15 is 0 Å². The van der Waals surface area contributed by atoms with E-state index in [1.54, 1.807) is 78.9 Å². The molecule has 0 amide bonds. The Morgan fingerprint density at radius 3 is 1.70 bits per heavy atom. The molecule has 0 bridgehead atoms. The van der Waals surface area contributed by atoms with Gasteiger partial charge in [0.2, 0.25) is 0 Å². The number of halogens is 2. The largest absolute Gasteiger partial charge is 0.426 e. The van der Waals surface area contributed by atoms with Crippen molar-refractivity contribution in [3.05, 3.63) is 93.0 Å². The van der Waals surface area contributed by atoms with Crippen molar-refractivity contribution in [2.45, 2.75) is 5.92 Å². The van der Waals surface area contributed by atoms with Crippen molar-refractivity contribution >= 4 is 46.1 Å². The smallest absolute Gasteiger partial charge is 0.330 e. The Kier molecular flexibility index (Phi) is 6.47. The van der Waals surface area contributed by atoms with Crippen LogP contribution >= 0.6 is 34.2 Å². The van der Waals surface area contributed by atoms with Gasteiger partial charge in [0, 0.05) is 8.59 Å². The van der Waals surface area contributed by atoms with Crippen LogP contribution in [0.1, 0.15) is 11.5 Å². The number of benzene rings is 3. The molecule has 0 spiro atoms. The molecule has 3 rings (SSSR count). The molecule has 27 heavy (non-hydrogen) atoms. The van der Waals surface area contributed by atoms with Crippen molar-refractivity contribution in [1.29, 1.82) is 0 Å². The number of para-hydroxylation sites is 2. The van der Waals surface area contributed by atoms with Crippen molar-refractivity contribution in [1.82, 2.24) is 0 Å². The quantitative estimate of drug-likeness (QED) is 0.212. The molecule has 0 unspecified atom stereocenters. The molecular weight excluding hydrogens is 479 g/mol. The number of carbonyl (C=O) groups excluding carboxylic acids is 2. The summed E-state index contributed by atoms with van der Waals surface area (Å²) in [4.78, 5) is 25.6. The predicted molar refractivity (Wildman–Crippen MR) is 111 cm³/mol. The Morgan fingerprint density at radius 2 is 1.26 bits per heavy atom. The van der Waals surface area contributed by atoms with Gasteiger partial charge in [-0.3, -0.25) is 9.59 Å². The standard InChI is InChI=1S/C21H14ClIO4/c22-15-11-14(12-16(23)13-15)19(20(24)26-17-7-3-1-4-8-17)21(25)27-18-9-5-2-6-10-18/h1-13,19H. The summed E-state index contributed by atoms with van der Waals surface area (Å²) in [6.45, 7) is 0. The first-order chi connectivity index (χ1) is 13.0. The maximum atomic E-state index is 12.8. The monoisotopic (exact) mass is 492 g/mol.